The van der Waals surface area contributed by atoms with E-state index in [9.17, 15) is 9.90 Å². The first-order valence-corrected chi connectivity index (χ1v) is 12.0. The molecule has 1 heterocycles. The van der Waals surface area contributed by atoms with Crippen molar-refractivity contribution in [2.24, 2.45) is 5.10 Å². The van der Waals surface area contributed by atoms with Crippen LogP contribution in [0.25, 0.3) is 5.69 Å². The largest absolute Gasteiger partial charge is 0.507 e. The summed E-state index contributed by atoms with van der Waals surface area (Å²) in [6.07, 6.45) is 1.41. The molecule has 1 unspecified atom stereocenters. The molecule has 4 aromatic rings. The number of aromatic nitrogens is 3. The van der Waals surface area contributed by atoms with Crippen LogP contribution in [-0.4, -0.2) is 37.2 Å². The van der Waals surface area contributed by atoms with Gasteiger partial charge in [0, 0.05) is 16.9 Å². The molecule has 3 N–H and O–H groups in total. The number of hydrogen-bond donors (Lipinski definition) is 3. The molecule has 0 aliphatic heterocycles. The number of hydrogen-bond acceptors (Lipinski definition) is 7. The average molecular weight is 487 g/mol. The molecule has 35 heavy (non-hydrogen) atoms. The van der Waals surface area contributed by atoms with E-state index in [1.54, 1.807) is 31.2 Å². The number of phenolic OH excluding ortho intramolecular Hbond substituents is 1. The Kier molecular flexibility index (Phi) is 7.79. The number of anilines is 1. The Morgan fingerprint density at radius 2 is 1.77 bits per heavy atom. The fourth-order valence-electron chi connectivity index (χ4n) is 3.24. The van der Waals surface area contributed by atoms with Gasteiger partial charge in [0.15, 0.2) is 11.0 Å². The topological polar surface area (TPSA) is 104 Å². The molecule has 1 amide bonds. The number of amides is 1. The monoisotopic (exact) mass is 486 g/mol. The third kappa shape index (κ3) is 6.27. The SMILES string of the molecule is Cc1ccc(NCc2nnc(SC(C)C(=O)N/N=C/c3ccccc3O)n2-c2ccccc2)cc1. The van der Waals surface area contributed by atoms with Gasteiger partial charge in [-0.15, -0.1) is 10.2 Å². The Labute approximate surface area is 208 Å². The Morgan fingerprint density at radius 1 is 1.06 bits per heavy atom. The van der Waals surface area contributed by atoms with Crippen molar-refractivity contribution in [3.05, 3.63) is 95.8 Å². The quantitative estimate of drug-likeness (QED) is 0.182. The lowest BCUT2D eigenvalue weighted by atomic mass is 10.2. The summed E-state index contributed by atoms with van der Waals surface area (Å²) in [6, 6.07) is 24.7. The van der Waals surface area contributed by atoms with Crippen LogP contribution >= 0.6 is 11.8 Å². The molecule has 1 aromatic heterocycles. The van der Waals surface area contributed by atoms with E-state index in [2.05, 4.69) is 26.0 Å². The molecule has 0 saturated carbocycles. The Balaban J connectivity index is 1.47. The second-order valence-corrected chi connectivity index (χ2v) is 9.15. The predicted octanol–water partition coefficient (Wildman–Crippen LogP) is 4.52. The van der Waals surface area contributed by atoms with Crippen molar-refractivity contribution in [2.75, 3.05) is 5.32 Å². The molecule has 0 spiro atoms. The number of carbonyl (C=O) groups excluding carboxylic acids is 1. The van der Waals surface area contributed by atoms with Crippen molar-refractivity contribution >= 4 is 29.6 Å². The fourth-order valence-corrected chi connectivity index (χ4v) is 4.12. The van der Waals surface area contributed by atoms with Crippen molar-refractivity contribution < 1.29 is 9.90 Å². The zero-order chi connectivity index (χ0) is 24.6. The molecule has 1 atom stereocenters. The van der Waals surface area contributed by atoms with Crippen molar-refractivity contribution in [3.8, 4) is 11.4 Å². The van der Waals surface area contributed by atoms with Crippen molar-refractivity contribution in [1.29, 1.82) is 0 Å². The molecule has 0 fully saturated rings. The number of rotatable bonds is 9. The van der Waals surface area contributed by atoms with Gasteiger partial charge in [0.1, 0.15) is 5.75 Å². The molecule has 0 saturated heterocycles. The molecule has 4 rings (SSSR count). The molecule has 8 nitrogen and oxygen atoms in total. The van der Waals surface area contributed by atoms with Crippen molar-refractivity contribution in [1.82, 2.24) is 20.2 Å². The third-order valence-corrected chi connectivity index (χ3v) is 6.23. The first-order chi connectivity index (χ1) is 17.0. The van der Waals surface area contributed by atoms with Crippen molar-refractivity contribution in [2.45, 2.75) is 30.8 Å². The van der Waals surface area contributed by atoms with Gasteiger partial charge < -0.3 is 10.4 Å². The molecule has 9 heteroatoms. The Bertz CT molecular complexity index is 1310. The summed E-state index contributed by atoms with van der Waals surface area (Å²) in [5, 5.41) is 26.0. The van der Waals surface area contributed by atoms with Gasteiger partial charge in [0.05, 0.1) is 18.0 Å². The highest BCUT2D eigenvalue weighted by molar-refractivity contribution is 8.00. The number of hydrazone groups is 1. The van der Waals surface area contributed by atoms with E-state index in [1.165, 1.54) is 23.5 Å². The van der Waals surface area contributed by atoms with Gasteiger partial charge in [-0.2, -0.15) is 5.10 Å². The minimum atomic E-state index is -0.485. The molecule has 0 radical (unpaired) electrons. The minimum absolute atomic E-state index is 0.0932. The zero-order valence-electron chi connectivity index (χ0n) is 19.4. The van der Waals surface area contributed by atoms with Gasteiger partial charge in [-0.05, 0) is 50.2 Å². The Hall–Kier alpha value is -4.11. The van der Waals surface area contributed by atoms with Crippen LogP contribution in [0.15, 0.2) is 89.1 Å². The number of para-hydroxylation sites is 2. The summed E-state index contributed by atoms with van der Waals surface area (Å²) >= 11 is 1.29. The number of carbonyl (C=O) groups is 1. The maximum Gasteiger partial charge on any atom is 0.253 e. The highest BCUT2D eigenvalue weighted by Gasteiger charge is 2.21. The first kappa shape index (κ1) is 24.0. The molecular weight excluding hydrogens is 460 g/mol. The van der Waals surface area contributed by atoms with Crippen molar-refractivity contribution in [3.63, 3.8) is 0 Å². The lowest BCUT2D eigenvalue weighted by molar-refractivity contribution is -0.120. The first-order valence-electron chi connectivity index (χ1n) is 11.1. The number of aromatic hydroxyl groups is 1. The molecule has 178 valence electrons. The average Bonchev–Trinajstić information content (AvgIpc) is 3.27. The highest BCUT2D eigenvalue weighted by atomic mass is 32.2. The number of nitrogens with zero attached hydrogens (tertiary/aromatic N) is 4. The highest BCUT2D eigenvalue weighted by Crippen LogP contribution is 2.26. The molecule has 0 aliphatic rings. The van der Waals surface area contributed by atoms with E-state index in [0.29, 0.717) is 17.3 Å². The fraction of sp³-hybridized carbons (Fsp3) is 0.154. The van der Waals surface area contributed by atoms with E-state index in [-0.39, 0.29) is 11.7 Å². The van der Waals surface area contributed by atoms with Crippen LogP contribution in [0.1, 0.15) is 23.9 Å². The predicted molar refractivity (Wildman–Crippen MR) is 139 cm³/mol. The maximum absolute atomic E-state index is 12.6. The maximum atomic E-state index is 12.6. The Morgan fingerprint density at radius 3 is 2.51 bits per heavy atom. The lowest BCUT2D eigenvalue weighted by Crippen LogP contribution is -2.27. The third-order valence-electron chi connectivity index (χ3n) is 5.18. The second kappa shape index (κ2) is 11.3. The summed E-state index contributed by atoms with van der Waals surface area (Å²) in [5.74, 6) is 0.531. The molecular formula is C26H26N6O2S. The van der Waals surface area contributed by atoms with Crippen LogP contribution < -0.4 is 10.7 Å². The summed E-state index contributed by atoms with van der Waals surface area (Å²) in [7, 11) is 0. The van der Waals surface area contributed by atoms with E-state index in [4.69, 9.17) is 0 Å². The van der Waals surface area contributed by atoms with Gasteiger partial charge in [-0.1, -0.05) is 59.8 Å². The molecule has 0 bridgehead atoms. The van der Waals surface area contributed by atoms with Crippen LogP contribution in [-0.2, 0) is 11.3 Å². The standard InChI is InChI=1S/C26H26N6O2S/c1-18-12-14-21(15-13-18)27-17-24-29-31-26(32(24)22-9-4-3-5-10-22)35-19(2)25(34)30-28-16-20-8-6-7-11-23(20)33/h3-16,19,27,33H,17H2,1-2H3,(H,30,34)/b28-16+. The van der Waals surface area contributed by atoms with Gasteiger partial charge in [-0.3, -0.25) is 9.36 Å². The number of phenols is 1. The van der Waals surface area contributed by atoms with E-state index in [1.807, 2.05) is 66.1 Å². The zero-order valence-corrected chi connectivity index (χ0v) is 20.2. The summed E-state index contributed by atoms with van der Waals surface area (Å²) in [4.78, 5) is 12.6. The van der Waals surface area contributed by atoms with Gasteiger partial charge in [0.2, 0.25) is 0 Å². The van der Waals surface area contributed by atoms with E-state index < -0.39 is 5.25 Å². The summed E-state index contributed by atoms with van der Waals surface area (Å²) in [6.45, 7) is 4.30. The number of nitrogens with one attached hydrogen (secondary N) is 2. The van der Waals surface area contributed by atoms with Crippen LogP contribution in [0.5, 0.6) is 5.75 Å². The smallest absolute Gasteiger partial charge is 0.253 e. The van der Waals surface area contributed by atoms with Crippen LogP contribution in [0, 0.1) is 6.92 Å². The minimum Gasteiger partial charge on any atom is -0.507 e. The summed E-state index contributed by atoms with van der Waals surface area (Å²) in [5.41, 5.74) is 6.13. The van der Waals surface area contributed by atoms with Crippen LogP contribution in [0.4, 0.5) is 5.69 Å². The van der Waals surface area contributed by atoms with Crippen LogP contribution in [0.3, 0.4) is 0 Å². The van der Waals surface area contributed by atoms with Gasteiger partial charge >= 0.3 is 0 Å². The molecule has 0 aliphatic carbocycles. The number of benzene rings is 3. The normalized spacial score (nSPS) is 11.9. The van der Waals surface area contributed by atoms with Gasteiger partial charge in [0.25, 0.3) is 5.91 Å². The van der Waals surface area contributed by atoms with Gasteiger partial charge in [-0.25, -0.2) is 5.43 Å². The van der Waals surface area contributed by atoms with E-state index >= 15 is 0 Å². The second-order valence-electron chi connectivity index (χ2n) is 7.84. The summed E-state index contributed by atoms with van der Waals surface area (Å²) < 4.78 is 1.95. The number of aryl methyl sites for hydroxylation is 1. The number of thioether (sulfide) groups is 1. The van der Waals surface area contributed by atoms with Crippen LogP contribution in [0.2, 0.25) is 0 Å². The molecule has 3 aromatic carbocycles. The van der Waals surface area contributed by atoms with E-state index in [0.717, 1.165) is 17.2 Å². The lowest BCUT2D eigenvalue weighted by Gasteiger charge is -2.13.